The molecule has 22 heavy (non-hydrogen) atoms. The molecular weight excluding hydrogens is 309 g/mol. The molecule has 1 aromatic heterocycles. The summed E-state index contributed by atoms with van der Waals surface area (Å²) >= 11 is 5.98. The van der Waals surface area contributed by atoms with E-state index in [4.69, 9.17) is 16.7 Å². The zero-order chi connectivity index (χ0) is 15.9. The SMILES string of the molecule is O=C(CNc1ncc(CO)cc1Cl)NCc1ccc(F)cc1. The van der Waals surface area contributed by atoms with Gasteiger partial charge in [0.2, 0.25) is 5.91 Å². The minimum atomic E-state index is -0.316. The molecule has 1 heterocycles. The van der Waals surface area contributed by atoms with Crippen LogP contribution in [-0.2, 0) is 17.9 Å². The molecule has 3 N–H and O–H groups in total. The van der Waals surface area contributed by atoms with Crippen LogP contribution in [0.25, 0.3) is 0 Å². The fourth-order valence-corrected chi connectivity index (χ4v) is 1.98. The number of pyridine rings is 1. The van der Waals surface area contributed by atoms with Crippen LogP contribution < -0.4 is 10.6 Å². The van der Waals surface area contributed by atoms with Crippen LogP contribution in [0.4, 0.5) is 10.2 Å². The maximum Gasteiger partial charge on any atom is 0.239 e. The first kappa shape index (κ1) is 16.2. The van der Waals surface area contributed by atoms with E-state index in [1.54, 1.807) is 18.2 Å². The van der Waals surface area contributed by atoms with Gasteiger partial charge in [-0.2, -0.15) is 0 Å². The lowest BCUT2D eigenvalue weighted by Gasteiger charge is -2.09. The normalized spacial score (nSPS) is 10.3. The third kappa shape index (κ3) is 4.68. The van der Waals surface area contributed by atoms with E-state index in [0.29, 0.717) is 22.9 Å². The summed E-state index contributed by atoms with van der Waals surface area (Å²) in [5.41, 5.74) is 1.40. The second kappa shape index (κ2) is 7.72. The number of benzene rings is 1. The summed E-state index contributed by atoms with van der Waals surface area (Å²) in [4.78, 5) is 15.8. The van der Waals surface area contributed by atoms with E-state index >= 15 is 0 Å². The quantitative estimate of drug-likeness (QED) is 0.761. The molecular formula is C15H15ClFN3O2. The molecule has 0 atom stereocenters. The Kier molecular flexibility index (Phi) is 5.68. The molecule has 0 aliphatic rings. The molecule has 0 aliphatic heterocycles. The molecule has 7 heteroatoms. The number of halogens is 2. The topological polar surface area (TPSA) is 74.2 Å². The minimum absolute atomic E-state index is 0.00634. The van der Waals surface area contributed by atoms with Crippen LogP contribution in [0.2, 0.25) is 5.02 Å². The molecule has 0 unspecified atom stereocenters. The first-order valence-electron chi connectivity index (χ1n) is 6.59. The largest absolute Gasteiger partial charge is 0.392 e. The van der Waals surface area contributed by atoms with Crippen molar-refractivity contribution in [2.75, 3.05) is 11.9 Å². The molecule has 0 fully saturated rings. The second-order valence-electron chi connectivity index (χ2n) is 4.59. The van der Waals surface area contributed by atoms with Gasteiger partial charge in [-0.1, -0.05) is 23.7 Å². The molecule has 0 saturated heterocycles. The highest BCUT2D eigenvalue weighted by molar-refractivity contribution is 6.33. The smallest absolute Gasteiger partial charge is 0.239 e. The van der Waals surface area contributed by atoms with Crippen molar-refractivity contribution < 1.29 is 14.3 Å². The van der Waals surface area contributed by atoms with E-state index in [9.17, 15) is 9.18 Å². The molecule has 0 saturated carbocycles. The fourth-order valence-electron chi connectivity index (χ4n) is 1.72. The summed E-state index contributed by atoms with van der Waals surface area (Å²) in [6.07, 6.45) is 1.48. The molecule has 0 spiro atoms. The number of aromatic nitrogens is 1. The monoisotopic (exact) mass is 323 g/mol. The van der Waals surface area contributed by atoms with Gasteiger partial charge >= 0.3 is 0 Å². The number of aliphatic hydroxyl groups is 1. The highest BCUT2D eigenvalue weighted by Crippen LogP contribution is 2.19. The standard InChI is InChI=1S/C15H15ClFN3O2/c16-13-5-11(9-21)7-19-15(13)20-8-14(22)18-6-10-1-3-12(17)4-2-10/h1-5,7,21H,6,8-9H2,(H,18,22)(H,19,20). The molecule has 5 nitrogen and oxygen atoms in total. The van der Waals surface area contributed by atoms with Crippen LogP contribution in [-0.4, -0.2) is 22.5 Å². The van der Waals surface area contributed by atoms with Crippen LogP contribution in [0, 0.1) is 5.82 Å². The average Bonchev–Trinajstić information content (AvgIpc) is 2.53. The summed E-state index contributed by atoms with van der Waals surface area (Å²) < 4.78 is 12.8. The van der Waals surface area contributed by atoms with Crippen LogP contribution in [0.1, 0.15) is 11.1 Å². The third-order valence-electron chi connectivity index (χ3n) is 2.90. The lowest BCUT2D eigenvalue weighted by atomic mass is 10.2. The van der Waals surface area contributed by atoms with Crippen molar-refractivity contribution in [3.05, 3.63) is 58.5 Å². The Morgan fingerprint density at radius 3 is 2.64 bits per heavy atom. The first-order chi connectivity index (χ1) is 10.6. The second-order valence-corrected chi connectivity index (χ2v) is 5.00. The molecule has 2 aromatic rings. The van der Waals surface area contributed by atoms with Crippen molar-refractivity contribution in [3.63, 3.8) is 0 Å². The van der Waals surface area contributed by atoms with Gasteiger partial charge in [0.15, 0.2) is 0 Å². The van der Waals surface area contributed by atoms with Crippen LogP contribution in [0.3, 0.4) is 0 Å². The van der Waals surface area contributed by atoms with E-state index in [1.807, 2.05) is 0 Å². The summed E-state index contributed by atoms with van der Waals surface area (Å²) in [5.74, 6) is -0.187. The Bertz CT molecular complexity index is 650. The Hall–Kier alpha value is -2.18. The number of nitrogens with zero attached hydrogens (tertiary/aromatic N) is 1. The zero-order valence-corrected chi connectivity index (χ0v) is 12.4. The van der Waals surface area contributed by atoms with E-state index in [2.05, 4.69) is 15.6 Å². The summed E-state index contributed by atoms with van der Waals surface area (Å²) in [7, 11) is 0. The van der Waals surface area contributed by atoms with E-state index in [0.717, 1.165) is 5.56 Å². The van der Waals surface area contributed by atoms with Crippen molar-refractivity contribution in [3.8, 4) is 0 Å². The number of nitrogens with one attached hydrogen (secondary N) is 2. The highest BCUT2D eigenvalue weighted by Gasteiger charge is 2.06. The highest BCUT2D eigenvalue weighted by atomic mass is 35.5. The van der Waals surface area contributed by atoms with Crippen LogP contribution >= 0.6 is 11.6 Å². The number of aliphatic hydroxyl groups excluding tert-OH is 1. The predicted molar refractivity (Wildman–Crippen MR) is 81.9 cm³/mol. The molecule has 116 valence electrons. The Morgan fingerprint density at radius 2 is 2.00 bits per heavy atom. The van der Waals surface area contributed by atoms with Gasteiger partial charge < -0.3 is 15.7 Å². The van der Waals surface area contributed by atoms with E-state index in [-0.39, 0.29) is 24.9 Å². The summed E-state index contributed by atoms with van der Waals surface area (Å²) in [5, 5.41) is 14.8. The van der Waals surface area contributed by atoms with Crippen molar-refractivity contribution in [2.24, 2.45) is 0 Å². The minimum Gasteiger partial charge on any atom is -0.392 e. The maximum atomic E-state index is 12.8. The number of hydrogen-bond acceptors (Lipinski definition) is 4. The predicted octanol–water partition coefficient (Wildman–Crippen LogP) is 2.09. The molecule has 0 aliphatic carbocycles. The molecule has 2 rings (SSSR count). The van der Waals surface area contributed by atoms with E-state index < -0.39 is 0 Å². The number of carbonyl (C=O) groups is 1. The van der Waals surface area contributed by atoms with Crippen LogP contribution in [0.15, 0.2) is 36.5 Å². The number of rotatable bonds is 6. The van der Waals surface area contributed by atoms with Crippen LogP contribution in [0.5, 0.6) is 0 Å². The first-order valence-corrected chi connectivity index (χ1v) is 6.96. The van der Waals surface area contributed by atoms with Crippen molar-refractivity contribution in [1.82, 2.24) is 10.3 Å². The van der Waals surface area contributed by atoms with Gasteiger partial charge in [0, 0.05) is 12.7 Å². The van der Waals surface area contributed by atoms with Gasteiger partial charge in [0.05, 0.1) is 18.2 Å². The lowest BCUT2D eigenvalue weighted by molar-refractivity contribution is -0.119. The lowest BCUT2D eigenvalue weighted by Crippen LogP contribution is -2.29. The average molecular weight is 324 g/mol. The fraction of sp³-hybridized carbons (Fsp3) is 0.200. The number of carbonyl (C=O) groups excluding carboxylic acids is 1. The Balaban J connectivity index is 1.81. The van der Waals surface area contributed by atoms with Crippen molar-refractivity contribution in [1.29, 1.82) is 0 Å². The van der Waals surface area contributed by atoms with Crippen molar-refractivity contribution in [2.45, 2.75) is 13.2 Å². The zero-order valence-electron chi connectivity index (χ0n) is 11.6. The van der Waals surface area contributed by atoms with Gasteiger partial charge in [-0.3, -0.25) is 4.79 Å². The van der Waals surface area contributed by atoms with Gasteiger partial charge in [0.1, 0.15) is 11.6 Å². The number of hydrogen-bond donors (Lipinski definition) is 3. The molecule has 0 radical (unpaired) electrons. The summed E-state index contributed by atoms with van der Waals surface area (Å²) in [6, 6.07) is 7.47. The molecule has 0 bridgehead atoms. The maximum absolute atomic E-state index is 12.8. The van der Waals surface area contributed by atoms with Crippen molar-refractivity contribution >= 4 is 23.3 Å². The molecule has 1 amide bonds. The van der Waals surface area contributed by atoms with E-state index in [1.165, 1.54) is 18.3 Å². The van der Waals surface area contributed by atoms with Gasteiger partial charge in [-0.15, -0.1) is 0 Å². The van der Waals surface area contributed by atoms with Gasteiger partial charge in [-0.05, 0) is 29.3 Å². The summed E-state index contributed by atoms with van der Waals surface area (Å²) in [6.45, 7) is 0.170. The Morgan fingerprint density at radius 1 is 1.27 bits per heavy atom. The Labute approximate surface area is 132 Å². The number of anilines is 1. The van der Waals surface area contributed by atoms with Gasteiger partial charge in [0.25, 0.3) is 0 Å². The third-order valence-corrected chi connectivity index (χ3v) is 3.19. The van der Waals surface area contributed by atoms with Gasteiger partial charge in [-0.25, -0.2) is 9.37 Å². The molecule has 1 aromatic carbocycles. The number of amides is 1.